The highest BCUT2D eigenvalue weighted by Crippen LogP contribution is 2.33. The van der Waals surface area contributed by atoms with Gasteiger partial charge >= 0.3 is 0 Å². The van der Waals surface area contributed by atoms with E-state index < -0.39 is 12.0 Å². The van der Waals surface area contributed by atoms with Gasteiger partial charge in [-0.3, -0.25) is 14.2 Å². The molecular formula is C36H36BrN3O2. The number of hydrogen-bond donors (Lipinski definition) is 0. The molecular weight excluding hydrogens is 586 g/mol. The molecule has 1 atom stereocenters. The molecule has 0 fully saturated rings. The lowest BCUT2D eigenvalue weighted by Crippen LogP contribution is -2.41. The van der Waals surface area contributed by atoms with E-state index in [9.17, 15) is 9.59 Å². The quantitative estimate of drug-likeness (QED) is 0.139. The Hall–Kier alpha value is -4.03. The van der Waals surface area contributed by atoms with Crippen LogP contribution in [0.5, 0.6) is 0 Å². The Kier molecular flexibility index (Phi) is 9.65. The molecule has 5 nitrogen and oxygen atoms in total. The molecule has 5 aromatic rings. The van der Waals surface area contributed by atoms with Crippen LogP contribution in [-0.4, -0.2) is 26.9 Å². The topological polar surface area (TPSA) is 55.2 Å². The van der Waals surface area contributed by atoms with Crippen LogP contribution in [-0.2, 0) is 4.79 Å². The fourth-order valence-electron chi connectivity index (χ4n) is 5.64. The lowest BCUT2D eigenvalue weighted by Gasteiger charge is -2.35. The summed E-state index contributed by atoms with van der Waals surface area (Å²) in [6.45, 7) is 4.80. The van der Waals surface area contributed by atoms with Gasteiger partial charge in [-0.1, -0.05) is 115 Å². The van der Waals surface area contributed by atoms with Crippen molar-refractivity contribution in [3.63, 3.8) is 0 Å². The summed E-state index contributed by atoms with van der Waals surface area (Å²) in [6.07, 6.45) is 3.52. The number of hydrogen-bond acceptors (Lipinski definition) is 3. The summed E-state index contributed by atoms with van der Waals surface area (Å²) in [5.74, 6) is 0.116. The normalized spacial score (nSPS) is 12.0. The SMILES string of the molecule is CCCCCN(C(=O)C(c1ccccc1)c1ccccc1)C(CC)c1nc2ccccc2c(=O)n1-c1ccc(Br)cc1. The van der Waals surface area contributed by atoms with Crippen molar-refractivity contribution >= 4 is 32.7 Å². The first kappa shape index (κ1) is 29.5. The van der Waals surface area contributed by atoms with Gasteiger partial charge in [0.15, 0.2) is 0 Å². The molecule has 0 aliphatic rings. The molecule has 0 aliphatic carbocycles. The minimum Gasteiger partial charge on any atom is -0.332 e. The summed E-state index contributed by atoms with van der Waals surface area (Å²) in [5.41, 5.74) is 3.10. The average Bonchev–Trinajstić information content (AvgIpc) is 3.02. The van der Waals surface area contributed by atoms with Gasteiger partial charge in [0.2, 0.25) is 5.91 Å². The van der Waals surface area contributed by atoms with Crippen molar-refractivity contribution in [1.82, 2.24) is 14.5 Å². The maximum atomic E-state index is 14.9. The summed E-state index contributed by atoms with van der Waals surface area (Å²) < 4.78 is 2.62. The predicted octanol–water partition coefficient (Wildman–Crippen LogP) is 8.45. The van der Waals surface area contributed by atoms with E-state index in [1.54, 1.807) is 4.57 Å². The van der Waals surface area contributed by atoms with E-state index in [-0.39, 0.29) is 11.5 Å². The molecule has 0 aliphatic heterocycles. The summed E-state index contributed by atoms with van der Waals surface area (Å²) >= 11 is 3.52. The number of rotatable bonds is 11. The van der Waals surface area contributed by atoms with Gasteiger partial charge in [0, 0.05) is 11.0 Å². The molecule has 1 amide bonds. The molecule has 0 spiro atoms. The molecule has 5 rings (SSSR count). The fraction of sp³-hybridized carbons (Fsp3) is 0.250. The van der Waals surface area contributed by atoms with Crippen LogP contribution < -0.4 is 5.56 Å². The third-order valence-corrected chi connectivity index (χ3v) is 8.27. The van der Waals surface area contributed by atoms with Crippen molar-refractivity contribution in [3.8, 4) is 5.69 Å². The Bertz CT molecular complexity index is 1650. The minimum absolute atomic E-state index is 0.0140. The maximum Gasteiger partial charge on any atom is 0.266 e. The average molecular weight is 623 g/mol. The number of carbonyl (C=O) groups excluding carboxylic acids is 1. The Morgan fingerprint density at radius 1 is 0.810 bits per heavy atom. The Morgan fingerprint density at radius 3 is 2.00 bits per heavy atom. The fourth-order valence-corrected chi connectivity index (χ4v) is 5.91. The number of nitrogens with zero attached hydrogens (tertiary/aromatic N) is 3. The first-order valence-electron chi connectivity index (χ1n) is 14.7. The van der Waals surface area contributed by atoms with Crippen LogP contribution in [0.25, 0.3) is 16.6 Å². The van der Waals surface area contributed by atoms with Crippen LogP contribution in [0.2, 0.25) is 0 Å². The molecule has 0 saturated heterocycles. The van der Waals surface area contributed by atoms with Crippen LogP contribution in [0.4, 0.5) is 0 Å². The smallest absolute Gasteiger partial charge is 0.266 e. The molecule has 1 aromatic heterocycles. The molecule has 4 aromatic carbocycles. The molecule has 0 radical (unpaired) electrons. The van der Waals surface area contributed by atoms with E-state index >= 15 is 0 Å². The Morgan fingerprint density at radius 2 is 1.40 bits per heavy atom. The second-order valence-corrected chi connectivity index (χ2v) is 11.4. The summed E-state index contributed by atoms with van der Waals surface area (Å²) in [6, 6.07) is 34.7. The summed E-state index contributed by atoms with van der Waals surface area (Å²) in [4.78, 5) is 36.0. The number of aromatic nitrogens is 2. The van der Waals surface area contributed by atoms with Crippen LogP contribution in [0, 0.1) is 0 Å². The van der Waals surface area contributed by atoms with Gasteiger partial charge in [-0.15, -0.1) is 0 Å². The largest absolute Gasteiger partial charge is 0.332 e. The van der Waals surface area contributed by atoms with E-state index in [1.165, 1.54) is 0 Å². The van der Waals surface area contributed by atoms with Gasteiger partial charge < -0.3 is 4.90 Å². The van der Waals surface area contributed by atoms with E-state index in [2.05, 4.69) is 29.8 Å². The number of benzene rings is 4. The van der Waals surface area contributed by atoms with Gasteiger partial charge in [0.25, 0.3) is 5.56 Å². The van der Waals surface area contributed by atoms with E-state index in [0.717, 1.165) is 40.5 Å². The number of unbranched alkanes of at least 4 members (excludes halogenated alkanes) is 2. The standard InChI is InChI=1S/C36H36BrN3O2/c1-3-5-14-25-39(36(42)33(26-15-8-6-9-16-26)27-17-10-7-11-18-27)32(4-2)34-38-31-20-13-12-19-30(31)35(41)40(34)29-23-21-28(37)22-24-29/h6-13,15-24,32-33H,3-5,14,25H2,1-2H3. The van der Waals surface area contributed by atoms with Crippen molar-refractivity contribution in [2.45, 2.75) is 51.5 Å². The Balaban J connectivity index is 1.71. The van der Waals surface area contributed by atoms with Crippen molar-refractivity contribution in [3.05, 3.63) is 141 Å². The van der Waals surface area contributed by atoms with Crippen molar-refractivity contribution in [2.24, 2.45) is 0 Å². The molecule has 214 valence electrons. The molecule has 6 heteroatoms. The van der Waals surface area contributed by atoms with Gasteiger partial charge in [0.1, 0.15) is 5.82 Å². The van der Waals surface area contributed by atoms with Crippen LogP contribution in [0.3, 0.4) is 0 Å². The van der Waals surface area contributed by atoms with Crippen molar-refractivity contribution in [1.29, 1.82) is 0 Å². The van der Waals surface area contributed by atoms with E-state index in [1.807, 2.05) is 114 Å². The van der Waals surface area contributed by atoms with Gasteiger partial charge in [-0.2, -0.15) is 0 Å². The second-order valence-electron chi connectivity index (χ2n) is 10.5. The van der Waals surface area contributed by atoms with Crippen LogP contribution >= 0.6 is 15.9 Å². The lowest BCUT2D eigenvalue weighted by atomic mass is 9.89. The van der Waals surface area contributed by atoms with Crippen LogP contribution in [0.1, 0.15) is 68.4 Å². The third kappa shape index (κ3) is 6.24. The highest BCUT2D eigenvalue weighted by molar-refractivity contribution is 9.10. The van der Waals surface area contributed by atoms with Crippen molar-refractivity contribution in [2.75, 3.05) is 6.54 Å². The Labute approximate surface area is 256 Å². The zero-order chi connectivity index (χ0) is 29.5. The molecule has 0 saturated carbocycles. The molecule has 1 heterocycles. The number of carbonyl (C=O) groups is 1. The first-order chi connectivity index (χ1) is 20.5. The number of fused-ring (bicyclic) bond motifs is 1. The molecule has 1 unspecified atom stereocenters. The highest BCUT2D eigenvalue weighted by Gasteiger charge is 2.34. The van der Waals surface area contributed by atoms with Gasteiger partial charge in [-0.25, -0.2) is 4.98 Å². The van der Waals surface area contributed by atoms with Crippen LogP contribution in [0.15, 0.2) is 118 Å². The van der Waals surface area contributed by atoms with Gasteiger partial charge in [0.05, 0.1) is 28.6 Å². The van der Waals surface area contributed by atoms with Crippen molar-refractivity contribution < 1.29 is 4.79 Å². The van der Waals surface area contributed by atoms with E-state index in [0.29, 0.717) is 29.7 Å². The molecule has 42 heavy (non-hydrogen) atoms. The molecule has 0 N–H and O–H groups in total. The van der Waals surface area contributed by atoms with Gasteiger partial charge in [-0.05, 0) is 60.4 Å². The maximum absolute atomic E-state index is 14.9. The minimum atomic E-state index is -0.476. The molecule has 0 bridgehead atoms. The first-order valence-corrected chi connectivity index (χ1v) is 15.5. The summed E-state index contributed by atoms with van der Waals surface area (Å²) in [7, 11) is 0. The highest BCUT2D eigenvalue weighted by atomic mass is 79.9. The zero-order valence-electron chi connectivity index (χ0n) is 24.1. The second kappa shape index (κ2) is 13.8. The third-order valence-electron chi connectivity index (χ3n) is 7.75. The summed E-state index contributed by atoms with van der Waals surface area (Å²) in [5, 5.41) is 0.550. The number of amides is 1. The van der Waals surface area contributed by atoms with E-state index in [4.69, 9.17) is 4.98 Å². The predicted molar refractivity (Wildman–Crippen MR) is 174 cm³/mol. The lowest BCUT2D eigenvalue weighted by molar-refractivity contribution is -0.134. The number of para-hydroxylation sites is 1. The number of halogens is 1. The zero-order valence-corrected chi connectivity index (χ0v) is 25.7. The monoisotopic (exact) mass is 621 g/mol.